The molecule has 0 fully saturated rings. The molecule has 0 bridgehead atoms. The minimum absolute atomic E-state index is 0.156. The van der Waals surface area contributed by atoms with E-state index in [2.05, 4.69) is 25.8 Å². The number of fused-ring (bicyclic) bond motifs is 1. The molecule has 5 nitrogen and oxygen atoms in total. The van der Waals surface area contributed by atoms with Crippen LogP contribution in [0.2, 0.25) is 0 Å². The first kappa shape index (κ1) is 16.1. The summed E-state index contributed by atoms with van der Waals surface area (Å²) in [7, 11) is 1.90. The van der Waals surface area contributed by atoms with Crippen LogP contribution < -0.4 is 11.3 Å². The molecule has 0 aliphatic heterocycles. The summed E-state index contributed by atoms with van der Waals surface area (Å²) in [6, 6.07) is 7.46. The minimum Gasteiger partial charge on any atom is -0.366 e. The molecule has 3 aromatic rings. The van der Waals surface area contributed by atoms with Crippen LogP contribution in [-0.4, -0.2) is 15.5 Å². The third-order valence-electron chi connectivity index (χ3n) is 4.28. The second kappa shape index (κ2) is 5.37. The maximum absolute atomic E-state index is 12.2. The van der Waals surface area contributed by atoms with Crippen molar-refractivity contribution in [1.29, 1.82) is 0 Å². The van der Waals surface area contributed by atoms with Crippen molar-refractivity contribution in [3.63, 3.8) is 0 Å². The van der Waals surface area contributed by atoms with Gasteiger partial charge in [-0.3, -0.25) is 9.59 Å². The summed E-state index contributed by atoms with van der Waals surface area (Å²) in [5, 5.41) is 0.774. The molecule has 3 rings (SSSR count). The second-order valence-corrected chi connectivity index (χ2v) is 7.10. The molecule has 0 spiro atoms. The molecular weight excluding hydrogens is 302 g/mol. The van der Waals surface area contributed by atoms with Gasteiger partial charge in [0.2, 0.25) is 0 Å². The summed E-state index contributed by atoms with van der Waals surface area (Å²) >= 11 is 0. The predicted octanol–water partition coefficient (Wildman–Crippen LogP) is 2.93. The van der Waals surface area contributed by atoms with Crippen LogP contribution in [0.25, 0.3) is 22.0 Å². The highest BCUT2D eigenvalue weighted by Gasteiger charge is 2.23. The smallest absolute Gasteiger partial charge is 0.255 e. The van der Waals surface area contributed by atoms with Crippen LogP contribution in [-0.2, 0) is 12.5 Å². The van der Waals surface area contributed by atoms with E-state index >= 15 is 0 Å². The quantitative estimate of drug-likeness (QED) is 0.760. The van der Waals surface area contributed by atoms with Crippen molar-refractivity contribution in [2.75, 3.05) is 0 Å². The lowest BCUT2D eigenvalue weighted by Crippen LogP contribution is -2.14. The Hall–Kier alpha value is -2.82. The number of carbonyl (C=O) groups is 1. The number of aromatic nitrogens is 2. The van der Waals surface area contributed by atoms with Crippen LogP contribution >= 0.6 is 0 Å². The fourth-order valence-corrected chi connectivity index (χ4v) is 3.12. The molecule has 24 heavy (non-hydrogen) atoms. The molecule has 5 heteroatoms. The molecule has 0 saturated carbocycles. The maximum atomic E-state index is 12.2. The zero-order valence-electron chi connectivity index (χ0n) is 14.3. The Bertz CT molecular complexity index is 1000. The topological polar surface area (TPSA) is 80.9 Å². The lowest BCUT2D eigenvalue weighted by atomic mass is 9.83. The normalized spacial score (nSPS) is 11.8. The van der Waals surface area contributed by atoms with Crippen LogP contribution in [0.1, 0.15) is 36.7 Å². The van der Waals surface area contributed by atoms with Crippen molar-refractivity contribution in [2.45, 2.75) is 26.2 Å². The van der Waals surface area contributed by atoms with Crippen molar-refractivity contribution in [1.82, 2.24) is 9.55 Å². The number of nitrogens with zero attached hydrogens (tertiary/aromatic N) is 1. The van der Waals surface area contributed by atoms with Crippen LogP contribution in [0.4, 0.5) is 0 Å². The zero-order chi connectivity index (χ0) is 17.6. The fraction of sp³-hybridized carbons (Fsp3) is 0.263. The molecule has 2 aromatic heterocycles. The summed E-state index contributed by atoms with van der Waals surface area (Å²) < 4.78 is 1.93. The van der Waals surface area contributed by atoms with Crippen LogP contribution in [0.5, 0.6) is 0 Å². The van der Waals surface area contributed by atoms with E-state index < -0.39 is 5.91 Å². The molecule has 0 aliphatic rings. The zero-order valence-corrected chi connectivity index (χ0v) is 14.3. The number of hydrogen-bond donors (Lipinski definition) is 2. The van der Waals surface area contributed by atoms with E-state index in [0.29, 0.717) is 11.1 Å². The molecule has 1 amide bonds. The Morgan fingerprint density at radius 3 is 2.54 bits per heavy atom. The van der Waals surface area contributed by atoms with Gasteiger partial charge in [0.1, 0.15) is 0 Å². The van der Waals surface area contributed by atoms with Crippen molar-refractivity contribution in [3.05, 3.63) is 58.1 Å². The third-order valence-corrected chi connectivity index (χ3v) is 4.28. The van der Waals surface area contributed by atoms with Gasteiger partial charge in [-0.15, -0.1) is 0 Å². The average Bonchev–Trinajstić information content (AvgIpc) is 2.83. The van der Waals surface area contributed by atoms with Crippen molar-refractivity contribution in [2.24, 2.45) is 12.8 Å². The Kier molecular flexibility index (Phi) is 3.59. The maximum Gasteiger partial charge on any atom is 0.255 e. The molecule has 124 valence electrons. The van der Waals surface area contributed by atoms with E-state index in [1.54, 1.807) is 24.5 Å². The van der Waals surface area contributed by atoms with Gasteiger partial charge >= 0.3 is 0 Å². The average molecular weight is 323 g/mol. The van der Waals surface area contributed by atoms with Gasteiger partial charge in [0.15, 0.2) is 0 Å². The van der Waals surface area contributed by atoms with Gasteiger partial charge < -0.3 is 15.3 Å². The molecule has 0 saturated heterocycles. The Morgan fingerprint density at radius 2 is 1.96 bits per heavy atom. The number of hydrogen-bond acceptors (Lipinski definition) is 2. The summed E-state index contributed by atoms with van der Waals surface area (Å²) in [5.41, 5.74) is 9.08. The molecule has 0 unspecified atom stereocenters. The highest BCUT2D eigenvalue weighted by atomic mass is 16.1. The summed E-state index contributed by atoms with van der Waals surface area (Å²) in [6.45, 7) is 6.33. The number of amides is 1. The first-order chi connectivity index (χ1) is 11.2. The van der Waals surface area contributed by atoms with Crippen LogP contribution in [0.15, 0.2) is 41.5 Å². The van der Waals surface area contributed by atoms with Gasteiger partial charge in [-0.2, -0.15) is 0 Å². The lowest BCUT2D eigenvalue weighted by Gasteiger charge is -2.22. The van der Waals surface area contributed by atoms with Gasteiger partial charge in [-0.25, -0.2) is 0 Å². The Labute approximate surface area is 140 Å². The monoisotopic (exact) mass is 323 g/mol. The van der Waals surface area contributed by atoms with Gasteiger partial charge in [0.05, 0.1) is 11.1 Å². The molecule has 3 N–H and O–H groups in total. The molecule has 0 radical (unpaired) electrons. The van der Waals surface area contributed by atoms with Crippen molar-refractivity contribution in [3.8, 4) is 11.1 Å². The fourth-order valence-electron chi connectivity index (χ4n) is 3.12. The molecule has 0 atom stereocenters. The first-order valence-electron chi connectivity index (χ1n) is 7.81. The van der Waals surface area contributed by atoms with Gasteiger partial charge in [-0.1, -0.05) is 20.8 Å². The van der Waals surface area contributed by atoms with E-state index in [1.165, 1.54) is 0 Å². The van der Waals surface area contributed by atoms with E-state index in [-0.39, 0.29) is 11.0 Å². The van der Waals surface area contributed by atoms with Crippen LogP contribution in [0, 0.1) is 0 Å². The van der Waals surface area contributed by atoms with E-state index in [9.17, 15) is 9.59 Å². The molecule has 0 aliphatic carbocycles. The van der Waals surface area contributed by atoms with E-state index in [1.807, 2.05) is 23.7 Å². The highest BCUT2D eigenvalue weighted by Crippen LogP contribution is 2.36. The standard InChI is InChI=1S/C19H21N3O2/c1-19(2,3)15-9-11(12-6-5-7-21-18(12)24)8-13-14(17(20)23)10-22(4)16(13)15/h5-10H,1-4H3,(H2,20,23)(H,21,24). The second-order valence-electron chi connectivity index (χ2n) is 7.10. The first-order valence-corrected chi connectivity index (χ1v) is 7.81. The summed E-state index contributed by atoms with van der Waals surface area (Å²) in [5.74, 6) is -0.473. The van der Waals surface area contributed by atoms with Gasteiger partial charge in [0.25, 0.3) is 11.5 Å². The highest BCUT2D eigenvalue weighted by molar-refractivity contribution is 6.08. The Balaban J connectivity index is 2.46. The van der Waals surface area contributed by atoms with E-state index in [0.717, 1.165) is 22.0 Å². The third kappa shape index (κ3) is 2.52. The Morgan fingerprint density at radius 1 is 1.25 bits per heavy atom. The van der Waals surface area contributed by atoms with E-state index in [4.69, 9.17) is 5.73 Å². The largest absolute Gasteiger partial charge is 0.366 e. The predicted molar refractivity (Wildman–Crippen MR) is 96.2 cm³/mol. The molecular formula is C19H21N3O2. The summed E-state index contributed by atoms with van der Waals surface area (Å²) in [6.07, 6.45) is 3.35. The number of carbonyl (C=O) groups excluding carboxylic acids is 1. The SMILES string of the molecule is Cn1cc(C(N)=O)c2cc(-c3ccc[nH]c3=O)cc(C(C)(C)C)c21. The number of aromatic amines is 1. The summed E-state index contributed by atoms with van der Waals surface area (Å²) in [4.78, 5) is 26.7. The van der Waals surface area contributed by atoms with Crippen molar-refractivity contribution >= 4 is 16.8 Å². The minimum atomic E-state index is -0.473. The number of primary amides is 1. The molecule has 2 heterocycles. The molecule has 1 aromatic carbocycles. The van der Waals surface area contributed by atoms with Gasteiger partial charge in [0, 0.05) is 30.4 Å². The number of aryl methyl sites for hydroxylation is 1. The van der Waals surface area contributed by atoms with Crippen LogP contribution in [0.3, 0.4) is 0 Å². The number of benzene rings is 1. The number of pyridine rings is 1. The van der Waals surface area contributed by atoms with Crippen molar-refractivity contribution < 1.29 is 4.79 Å². The lowest BCUT2D eigenvalue weighted by molar-refractivity contribution is 0.100. The van der Waals surface area contributed by atoms with Gasteiger partial charge in [-0.05, 0) is 40.8 Å². The number of rotatable bonds is 2. The number of nitrogens with one attached hydrogen (secondary N) is 1. The number of H-pyrrole nitrogens is 1. The number of nitrogens with two attached hydrogens (primary N) is 1.